The van der Waals surface area contributed by atoms with Gasteiger partial charge in [-0.15, -0.1) is 0 Å². The molecule has 0 unspecified atom stereocenters. The van der Waals surface area contributed by atoms with Gasteiger partial charge in [0.15, 0.2) is 0 Å². The van der Waals surface area contributed by atoms with Crippen LogP contribution in [0.1, 0.15) is 16.7 Å². The van der Waals surface area contributed by atoms with Crippen LogP contribution in [0.15, 0.2) is 138 Å². The Morgan fingerprint density at radius 1 is 0.472 bits per heavy atom. The summed E-state index contributed by atoms with van der Waals surface area (Å²) in [5, 5.41) is 34.9. The molecule has 7 nitrogen and oxygen atoms in total. The Morgan fingerprint density at radius 2 is 1.02 bits per heavy atom. The zero-order valence-corrected chi connectivity index (χ0v) is 27.8. The number of hydrogen-bond donors (Lipinski definition) is 0. The van der Waals surface area contributed by atoms with Crippen LogP contribution < -0.4 is 0 Å². The predicted octanol–water partition coefficient (Wildman–Crippen LogP) is 11.6. The van der Waals surface area contributed by atoms with Crippen molar-refractivity contribution in [2.24, 2.45) is 0 Å². The SMILES string of the molecule is [C-]#[N+]c1ccc(-n2c3ccccc3c3c4oc5c(ccc6c5c5ccccc5n6-c5ccc(-c6ccc(C#N)c(C#N)c6)cc5)c4ccc32)cc1C#N. The minimum atomic E-state index is 0.330. The summed E-state index contributed by atoms with van der Waals surface area (Å²) in [7, 11) is 0. The summed E-state index contributed by atoms with van der Waals surface area (Å²) in [6.45, 7) is 7.50. The molecular weight excluding hydrogens is 653 g/mol. The van der Waals surface area contributed by atoms with Crippen molar-refractivity contribution in [3.8, 4) is 40.7 Å². The van der Waals surface area contributed by atoms with Gasteiger partial charge in [-0.05, 0) is 83.9 Å². The molecule has 0 aliphatic heterocycles. The molecule has 7 aromatic carbocycles. The van der Waals surface area contributed by atoms with E-state index < -0.39 is 0 Å². The van der Waals surface area contributed by atoms with E-state index in [0.29, 0.717) is 22.4 Å². The molecule has 10 aromatic rings. The van der Waals surface area contributed by atoms with Crippen LogP contribution in [0.5, 0.6) is 0 Å². The van der Waals surface area contributed by atoms with Crippen LogP contribution in [0.25, 0.3) is 92.9 Å². The summed E-state index contributed by atoms with van der Waals surface area (Å²) in [5.41, 5.74) is 10.6. The third-order valence-corrected chi connectivity index (χ3v) is 10.3. The van der Waals surface area contributed by atoms with Crippen molar-refractivity contribution in [1.29, 1.82) is 15.8 Å². The van der Waals surface area contributed by atoms with Gasteiger partial charge in [-0.1, -0.05) is 60.7 Å². The van der Waals surface area contributed by atoms with Gasteiger partial charge in [0.1, 0.15) is 23.3 Å². The number of nitriles is 3. The van der Waals surface area contributed by atoms with Crippen molar-refractivity contribution < 1.29 is 4.42 Å². The molecule has 0 N–H and O–H groups in total. The summed E-state index contributed by atoms with van der Waals surface area (Å²) < 4.78 is 11.4. The Hall–Kier alpha value is -8.10. The van der Waals surface area contributed by atoms with Gasteiger partial charge in [0.2, 0.25) is 5.69 Å². The summed E-state index contributed by atoms with van der Waals surface area (Å²) >= 11 is 0. The molecule has 0 spiro atoms. The number of benzene rings is 7. The highest BCUT2D eigenvalue weighted by Crippen LogP contribution is 2.45. The zero-order valence-electron chi connectivity index (χ0n) is 27.8. The van der Waals surface area contributed by atoms with Crippen molar-refractivity contribution in [1.82, 2.24) is 9.13 Å². The van der Waals surface area contributed by atoms with E-state index in [-0.39, 0.29) is 0 Å². The lowest BCUT2D eigenvalue weighted by Crippen LogP contribution is -1.94. The van der Waals surface area contributed by atoms with Crippen LogP contribution in [0.4, 0.5) is 5.69 Å². The number of rotatable bonds is 3. The van der Waals surface area contributed by atoms with E-state index in [9.17, 15) is 15.8 Å². The highest BCUT2D eigenvalue weighted by Gasteiger charge is 2.22. The molecule has 0 saturated heterocycles. The Bertz CT molecular complexity index is 3390. The maximum Gasteiger partial charge on any atom is 0.204 e. The van der Waals surface area contributed by atoms with Crippen molar-refractivity contribution in [2.75, 3.05) is 0 Å². The van der Waals surface area contributed by atoms with Gasteiger partial charge in [-0.3, -0.25) is 0 Å². The zero-order chi connectivity index (χ0) is 35.8. The average Bonchev–Trinajstić information content (AvgIpc) is 3.88. The van der Waals surface area contributed by atoms with E-state index in [0.717, 1.165) is 88.1 Å². The van der Waals surface area contributed by atoms with Crippen LogP contribution in [0.3, 0.4) is 0 Å². The normalized spacial score (nSPS) is 11.3. The lowest BCUT2D eigenvalue weighted by atomic mass is 10.00. The average molecular weight is 675 g/mol. The Balaban J connectivity index is 1.21. The molecule has 53 heavy (non-hydrogen) atoms. The predicted molar refractivity (Wildman–Crippen MR) is 208 cm³/mol. The first kappa shape index (κ1) is 29.8. The van der Waals surface area contributed by atoms with Gasteiger partial charge >= 0.3 is 0 Å². The van der Waals surface area contributed by atoms with Crippen LogP contribution in [-0.2, 0) is 0 Å². The van der Waals surface area contributed by atoms with Crippen molar-refractivity contribution in [2.45, 2.75) is 0 Å². The van der Waals surface area contributed by atoms with Gasteiger partial charge < -0.3 is 13.6 Å². The Kier molecular flexibility index (Phi) is 6.30. The standard InChI is InChI=1S/C46H22N6O/c1-50-38-19-16-33(23-31(38)26-49)52-40-9-5-3-7-37(40)44-42(52)21-18-35-34-17-20-41-43(45(34)53-46(35)44)36-6-2-4-8-39(36)51(41)32-14-12-27(13-15-32)28-10-11-29(24-47)30(22-28)25-48/h2-23H. The molecule has 0 aliphatic carbocycles. The number of para-hydroxylation sites is 2. The second-order valence-electron chi connectivity index (χ2n) is 12.9. The fourth-order valence-electron chi connectivity index (χ4n) is 7.92. The lowest BCUT2D eigenvalue weighted by molar-refractivity contribution is 0.677. The Labute approximate surface area is 302 Å². The third kappa shape index (κ3) is 4.17. The summed E-state index contributed by atoms with van der Waals surface area (Å²) in [6, 6.07) is 50.4. The van der Waals surface area contributed by atoms with Crippen LogP contribution in [0, 0.1) is 40.6 Å². The third-order valence-electron chi connectivity index (χ3n) is 10.3. The monoisotopic (exact) mass is 674 g/mol. The first-order chi connectivity index (χ1) is 26.1. The van der Waals surface area contributed by atoms with Gasteiger partial charge in [0.25, 0.3) is 0 Å². The second kappa shape index (κ2) is 11.2. The highest BCUT2D eigenvalue weighted by atomic mass is 16.3. The molecule has 0 bridgehead atoms. The molecule has 242 valence electrons. The fraction of sp³-hybridized carbons (Fsp3) is 0. The topological polar surface area (TPSA) is 98.7 Å². The summed E-state index contributed by atoms with van der Waals surface area (Å²) in [5.74, 6) is 0. The molecule has 3 heterocycles. The molecule has 7 heteroatoms. The van der Waals surface area contributed by atoms with Gasteiger partial charge in [-0.25, -0.2) is 4.85 Å². The maximum absolute atomic E-state index is 9.81. The molecule has 3 aromatic heterocycles. The fourth-order valence-corrected chi connectivity index (χ4v) is 7.92. The second-order valence-corrected chi connectivity index (χ2v) is 12.9. The van der Waals surface area contributed by atoms with Crippen LogP contribution >= 0.6 is 0 Å². The minimum absolute atomic E-state index is 0.330. The molecule has 0 saturated carbocycles. The molecule has 0 radical (unpaired) electrons. The van der Waals surface area contributed by atoms with Gasteiger partial charge in [0.05, 0.1) is 62.2 Å². The van der Waals surface area contributed by atoms with Crippen molar-refractivity contribution in [3.05, 3.63) is 162 Å². The van der Waals surface area contributed by atoms with Crippen LogP contribution in [0.2, 0.25) is 0 Å². The summed E-state index contributed by atoms with van der Waals surface area (Å²) in [4.78, 5) is 3.53. The van der Waals surface area contributed by atoms with E-state index in [1.807, 2.05) is 42.5 Å². The molecule has 0 fully saturated rings. The van der Waals surface area contributed by atoms with E-state index in [1.54, 1.807) is 24.3 Å². The minimum Gasteiger partial charge on any atom is -0.455 e. The smallest absolute Gasteiger partial charge is 0.204 e. The number of fused-ring (bicyclic) bond motifs is 11. The number of hydrogen-bond acceptors (Lipinski definition) is 4. The lowest BCUT2D eigenvalue weighted by Gasteiger charge is -2.10. The highest BCUT2D eigenvalue weighted by molar-refractivity contribution is 6.29. The van der Waals surface area contributed by atoms with Crippen LogP contribution in [-0.4, -0.2) is 9.13 Å². The van der Waals surface area contributed by atoms with E-state index in [4.69, 9.17) is 11.0 Å². The summed E-state index contributed by atoms with van der Waals surface area (Å²) in [6.07, 6.45) is 0. The quantitative estimate of drug-likeness (QED) is 0.174. The number of nitrogens with zero attached hydrogens (tertiary/aromatic N) is 6. The van der Waals surface area contributed by atoms with E-state index >= 15 is 0 Å². The molecule has 0 atom stereocenters. The number of furan rings is 1. The first-order valence-corrected chi connectivity index (χ1v) is 16.9. The molecule has 0 aliphatic rings. The maximum atomic E-state index is 9.81. The van der Waals surface area contributed by atoms with Gasteiger partial charge in [0, 0.05) is 32.9 Å². The Morgan fingerprint density at radius 3 is 1.60 bits per heavy atom. The molecule has 0 amide bonds. The van der Waals surface area contributed by atoms with E-state index in [1.165, 1.54) is 0 Å². The molecular formula is C46H22N6O. The van der Waals surface area contributed by atoms with E-state index in [2.05, 4.69) is 98.9 Å². The van der Waals surface area contributed by atoms with Crippen molar-refractivity contribution >= 4 is 71.2 Å². The first-order valence-electron chi connectivity index (χ1n) is 16.9. The molecule has 10 rings (SSSR count). The largest absolute Gasteiger partial charge is 0.455 e. The number of aromatic nitrogens is 2. The van der Waals surface area contributed by atoms with Crippen molar-refractivity contribution in [3.63, 3.8) is 0 Å². The van der Waals surface area contributed by atoms with Gasteiger partial charge in [-0.2, -0.15) is 15.8 Å².